The van der Waals surface area contributed by atoms with Crippen LogP contribution in [0.15, 0.2) is 63.9 Å². The molecule has 0 saturated carbocycles. The Morgan fingerprint density at radius 2 is 1.57 bits per heavy atom. The van der Waals surface area contributed by atoms with Crippen LogP contribution in [-0.4, -0.2) is 13.0 Å². The van der Waals surface area contributed by atoms with Gasteiger partial charge in [0.1, 0.15) is 11.6 Å². The van der Waals surface area contributed by atoms with Crippen LogP contribution >= 0.6 is 11.8 Å². The summed E-state index contributed by atoms with van der Waals surface area (Å²) in [4.78, 5) is 14.2. The number of hydrogen-bond acceptors (Lipinski definition) is 3. The molecular formula is C17H12N2OS. The third-order valence-corrected chi connectivity index (χ3v) is 4.50. The van der Waals surface area contributed by atoms with Gasteiger partial charge in [0.25, 0.3) is 5.91 Å². The minimum absolute atomic E-state index is 0.151. The Labute approximate surface area is 127 Å². The molecule has 2 aromatic carbocycles. The van der Waals surface area contributed by atoms with Crippen LogP contribution in [0.3, 0.4) is 0 Å². The van der Waals surface area contributed by atoms with Crippen LogP contribution in [-0.2, 0) is 4.79 Å². The number of fused-ring (bicyclic) bond motifs is 2. The summed E-state index contributed by atoms with van der Waals surface area (Å²) in [6.07, 6.45) is 0. The van der Waals surface area contributed by atoms with Gasteiger partial charge in [0.2, 0.25) is 0 Å². The van der Waals surface area contributed by atoms with Crippen LogP contribution in [0.5, 0.6) is 0 Å². The second kappa shape index (κ2) is 5.47. The SMILES string of the molecule is CNC(=O)C(C#N)=C1c2ccccc2Sc2ccccc21. The van der Waals surface area contributed by atoms with Crippen molar-refractivity contribution in [2.45, 2.75) is 9.79 Å². The molecule has 0 spiro atoms. The van der Waals surface area contributed by atoms with Gasteiger partial charge in [-0.05, 0) is 23.3 Å². The maximum Gasteiger partial charge on any atom is 0.262 e. The summed E-state index contributed by atoms with van der Waals surface area (Å²) in [5.74, 6) is -0.357. The van der Waals surface area contributed by atoms with E-state index >= 15 is 0 Å². The normalized spacial score (nSPS) is 11.9. The average molecular weight is 292 g/mol. The van der Waals surface area contributed by atoms with Gasteiger partial charge in [-0.1, -0.05) is 48.2 Å². The first-order valence-electron chi connectivity index (χ1n) is 6.49. The van der Waals surface area contributed by atoms with Crippen molar-refractivity contribution in [2.24, 2.45) is 0 Å². The lowest BCUT2D eigenvalue weighted by Crippen LogP contribution is -2.21. The van der Waals surface area contributed by atoms with Crippen molar-refractivity contribution in [1.82, 2.24) is 5.32 Å². The second-order valence-corrected chi connectivity index (χ2v) is 5.62. The van der Waals surface area contributed by atoms with Crippen LogP contribution in [0.4, 0.5) is 0 Å². The molecule has 0 unspecified atom stereocenters. The van der Waals surface area contributed by atoms with Gasteiger partial charge < -0.3 is 5.32 Å². The molecule has 1 N–H and O–H groups in total. The fourth-order valence-electron chi connectivity index (χ4n) is 2.40. The molecule has 0 fully saturated rings. The largest absolute Gasteiger partial charge is 0.354 e. The van der Waals surface area contributed by atoms with Gasteiger partial charge in [0.15, 0.2) is 0 Å². The Kier molecular flexibility index (Phi) is 3.51. The Morgan fingerprint density at radius 3 is 2.05 bits per heavy atom. The third kappa shape index (κ3) is 2.22. The van der Waals surface area contributed by atoms with Crippen LogP contribution in [0.25, 0.3) is 5.57 Å². The zero-order valence-corrected chi connectivity index (χ0v) is 12.2. The number of nitrogens with zero attached hydrogens (tertiary/aromatic N) is 1. The Morgan fingerprint density at radius 1 is 1.05 bits per heavy atom. The Hall–Kier alpha value is -2.51. The highest BCUT2D eigenvalue weighted by molar-refractivity contribution is 7.99. The maximum absolute atomic E-state index is 12.1. The molecule has 21 heavy (non-hydrogen) atoms. The van der Waals surface area contributed by atoms with E-state index in [2.05, 4.69) is 11.4 Å². The van der Waals surface area contributed by atoms with Crippen LogP contribution in [0.2, 0.25) is 0 Å². The second-order valence-electron chi connectivity index (χ2n) is 4.54. The molecule has 2 aromatic rings. The number of rotatable bonds is 1. The molecule has 0 atom stereocenters. The maximum atomic E-state index is 12.1. The molecular weight excluding hydrogens is 280 g/mol. The van der Waals surface area contributed by atoms with E-state index < -0.39 is 0 Å². The fraction of sp³-hybridized carbons (Fsp3) is 0.0588. The first-order chi connectivity index (χ1) is 10.3. The summed E-state index contributed by atoms with van der Waals surface area (Å²) in [6.45, 7) is 0. The van der Waals surface area contributed by atoms with Crippen molar-refractivity contribution in [1.29, 1.82) is 5.26 Å². The van der Waals surface area contributed by atoms with Gasteiger partial charge in [-0.15, -0.1) is 0 Å². The van der Waals surface area contributed by atoms with E-state index in [1.165, 1.54) is 7.05 Å². The van der Waals surface area contributed by atoms with Crippen molar-refractivity contribution in [2.75, 3.05) is 7.05 Å². The van der Waals surface area contributed by atoms with Gasteiger partial charge in [0, 0.05) is 22.4 Å². The van der Waals surface area contributed by atoms with E-state index in [0.717, 1.165) is 20.9 Å². The molecule has 0 aliphatic carbocycles. The van der Waals surface area contributed by atoms with Gasteiger partial charge in [-0.3, -0.25) is 4.79 Å². The number of benzene rings is 2. The minimum atomic E-state index is -0.357. The molecule has 0 radical (unpaired) electrons. The summed E-state index contributed by atoms with van der Waals surface area (Å²) in [5, 5.41) is 12.0. The molecule has 1 aliphatic rings. The van der Waals surface area contributed by atoms with Gasteiger partial charge in [0.05, 0.1) is 0 Å². The van der Waals surface area contributed by atoms with Crippen molar-refractivity contribution >= 4 is 23.2 Å². The number of hydrogen-bond donors (Lipinski definition) is 1. The molecule has 0 aromatic heterocycles. The van der Waals surface area contributed by atoms with Crippen molar-refractivity contribution in [3.8, 4) is 6.07 Å². The van der Waals surface area contributed by atoms with Gasteiger partial charge >= 0.3 is 0 Å². The molecule has 4 heteroatoms. The predicted molar refractivity (Wildman–Crippen MR) is 82.7 cm³/mol. The Balaban J connectivity index is 2.37. The lowest BCUT2D eigenvalue weighted by atomic mass is 9.92. The van der Waals surface area contributed by atoms with Crippen LogP contribution in [0.1, 0.15) is 11.1 Å². The summed E-state index contributed by atoms with van der Waals surface area (Å²) >= 11 is 1.66. The molecule has 0 bridgehead atoms. The highest BCUT2D eigenvalue weighted by Gasteiger charge is 2.25. The van der Waals surface area contributed by atoms with E-state index in [4.69, 9.17) is 0 Å². The number of carbonyl (C=O) groups excluding carboxylic acids is 1. The molecule has 0 saturated heterocycles. The fourth-order valence-corrected chi connectivity index (χ4v) is 3.49. The highest BCUT2D eigenvalue weighted by Crippen LogP contribution is 2.46. The molecule has 1 heterocycles. The number of amides is 1. The zero-order valence-electron chi connectivity index (χ0n) is 11.4. The molecule has 3 nitrogen and oxygen atoms in total. The minimum Gasteiger partial charge on any atom is -0.354 e. The van der Waals surface area contributed by atoms with E-state index in [0.29, 0.717) is 5.57 Å². The topological polar surface area (TPSA) is 52.9 Å². The molecule has 1 amide bonds. The monoisotopic (exact) mass is 292 g/mol. The summed E-state index contributed by atoms with van der Waals surface area (Å²) in [7, 11) is 1.54. The average Bonchev–Trinajstić information content (AvgIpc) is 2.54. The molecule has 1 aliphatic heterocycles. The molecule has 102 valence electrons. The number of nitrogens with one attached hydrogen (secondary N) is 1. The smallest absolute Gasteiger partial charge is 0.262 e. The zero-order chi connectivity index (χ0) is 14.8. The van der Waals surface area contributed by atoms with Crippen molar-refractivity contribution in [3.63, 3.8) is 0 Å². The third-order valence-electron chi connectivity index (χ3n) is 3.35. The van der Waals surface area contributed by atoms with E-state index in [1.807, 2.05) is 48.5 Å². The quantitative estimate of drug-likeness (QED) is 0.553. The van der Waals surface area contributed by atoms with Gasteiger partial charge in [-0.25, -0.2) is 0 Å². The number of nitriles is 1. The number of likely N-dealkylation sites (N-methyl/N-ethyl adjacent to an activating group) is 1. The van der Waals surface area contributed by atoms with Gasteiger partial charge in [-0.2, -0.15) is 5.26 Å². The summed E-state index contributed by atoms with van der Waals surface area (Å²) in [5.41, 5.74) is 2.72. The lowest BCUT2D eigenvalue weighted by Gasteiger charge is -2.22. The van der Waals surface area contributed by atoms with E-state index in [1.54, 1.807) is 11.8 Å². The van der Waals surface area contributed by atoms with Crippen molar-refractivity contribution in [3.05, 3.63) is 65.2 Å². The standard InChI is InChI=1S/C17H12N2OS/c1-19-17(20)13(10-18)16-11-6-2-4-8-14(11)21-15-9-5-3-7-12(15)16/h2-9H,1H3,(H,19,20). The highest BCUT2D eigenvalue weighted by atomic mass is 32.2. The first kappa shape index (κ1) is 13.5. The van der Waals surface area contributed by atoms with E-state index in [-0.39, 0.29) is 11.5 Å². The molecule has 3 rings (SSSR count). The summed E-state index contributed by atoms with van der Waals surface area (Å²) < 4.78 is 0. The number of carbonyl (C=O) groups is 1. The van der Waals surface area contributed by atoms with E-state index in [9.17, 15) is 10.1 Å². The predicted octanol–water partition coefficient (Wildman–Crippen LogP) is 3.22. The van der Waals surface area contributed by atoms with Crippen LogP contribution < -0.4 is 5.32 Å². The summed E-state index contributed by atoms with van der Waals surface area (Å²) in [6, 6.07) is 17.8. The lowest BCUT2D eigenvalue weighted by molar-refractivity contribution is -0.116. The first-order valence-corrected chi connectivity index (χ1v) is 7.31. The Bertz CT molecular complexity index is 755. The van der Waals surface area contributed by atoms with Crippen molar-refractivity contribution < 1.29 is 4.79 Å². The van der Waals surface area contributed by atoms with Crippen LogP contribution in [0, 0.1) is 11.3 Å².